The van der Waals surface area contributed by atoms with Gasteiger partial charge in [0.25, 0.3) is 0 Å². The average Bonchev–Trinajstić information content (AvgIpc) is 2.84. The molecule has 1 aromatic rings. The maximum atomic E-state index is 14.8. The van der Waals surface area contributed by atoms with Crippen LogP contribution in [-0.4, -0.2) is 56.6 Å². The minimum absolute atomic E-state index is 0.0238. The predicted octanol–water partition coefficient (Wildman–Crippen LogP) is 1.83. The van der Waals surface area contributed by atoms with Crippen molar-refractivity contribution in [3.05, 3.63) is 11.9 Å². The highest BCUT2D eigenvalue weighted by molar-refractivity contribution is 5.70. The number of piperidine rings is 1. The van der Waals surface area contributed by atoms with E-state index in [0.717, 1.165) is 0 Å². The maximum Gasteiger partial charge on any atom is 0.410 e. The Kier molecular flexibility index (Phi) is 4.48. The summed E-state index contributed by atoms with van der Waals surface area (Å²) >= 11 is 0. The van der Waals surface area contributed by atoms with Crippen molar-refractivity contribution in [1.29, 1.82) is 0 Å². The van der Waals surface area contributed by atoms with Gasteiger partial charge >= 0.3 is 6.09 Å². The summed E-state index contributed by atoms with van der Waals surface area (Å²) in [5.41, 5.74) is -1.85. The van der Waals surface area contributed by atoms with Gasteiger partial charge in [-0.3, -0.25) is 4.79 Å². The number of rotatable bonds is 3. The van der Waals surface area contributed by atoms with Crippen LogP contribution in [0.5, 0.6) is 0 Å². The lowest BCUT2D eigenvalue weighted by Crippen LogP contribution is -2.47. The molecule has 0 unspecified atom stereocenters. The Balaban J connectivity index is 1.90. The van der Waals surface area contributed by atoms with E-state index < -0.39 is 17.4 Å². The first-order chi connectivity index (χ1) is 10.2. The van der Waals surface area contributed by atoms with Crippen molar-refractivity contribution in [3.63, 3.8) is 0 Å². The standard InChI is InChI=1S/C14H21FN4O3/c1-13(2,3)22-12(21)18-6-4-14(15,5-7-18)10-19-8-11(9-20)16-17-19/h8-9H,4-7,10H2,1-3H3. The fourth-order valence-corrected chi connectivity index (χ4v) is 2.31. The van der Waals surface area contributed by atoms with Crippen LogP contribution in [0, 0.1) is 0 Å². The van der Waals surface area contributed by atoms with Crippen LogP contribution in [0.2, 0.25) is 0 Å². The molecule has 0 aromatic carbocycles. The van der Waals surface area contributed by atoms with Crippen LogP contribution in [0.3, 0.4) is 0 Å². The fraction of sp³-hybridized carbons (Fsp3) is 0.714. The van der Waals surface area contributed by atoms with E-state index in [2.05, 4.69) is 10.3 Å². The molecule has 2 heterocycles. The van der Waals surface area contributed by atoms with Crippen molar-refractivity contribution in [2.45, 2.75) is 51.4 Å². The van der Waals surface area contributed by atoms with Gasteiger partial charge in [0.2, 0.25) is 0 Å². The summed E-state index contributed by atoms with van der Waals surface area (Å²) in [7, 11) is 0. The normalized spacial score (nSPS) is 18.1. The molecule has 2 rings (SSSR count). The molecule has 122 valence electrons. The summed E-state index contributed by atoms with van der Waals surface area (Å²) in [5, 5.41) is 7.33. The largest absolute Gasteiger partial charge is 0.444 e. The van der Waals surface area contributed by atoms with E-state index in [1.807, 2.05) is 0 Å². The zero-order chi connectivity index (χ0) is 16.4. The van der Waals surface area contributed by atoms with Gasteiger partial charge in [0.05, 0.1) is 12.7 Å². The first-order valence-corrected chi connectivity index (χ1v) is 7.23. The van der Waals surface area contributed by atoms with Gasteiger partial charge in [-0.15, -0.1) is 5.10 Å². The van der Waals surface area contributed by atoms with Crippen LogP contribution in [-0.2, 0) is 11.3 Å². The zero-order valence-electron chi connectivity index (χ0n) is 13.1. The third-order valence-electron chi connectivity index (χ3n) is 3.43. The zero-order valence-corrected chi connectivity index (χ0v) is 13.1. The monoisotopic (exact) mass is 312 g/mol. The number of hydrogen-bond acceptors (Lipinski definition) is 5. The summed E-state index contributed by atoms with van der Waals surface area (Å²) in [6.45, 7) is 5.99. The van der Waals surface area contributed by atoms with E-state index in [4.69, 9.17) is 4.74 Å². The van der Waals surface area contributed by atoms with E-state index >= 15 is 0 Å². The third-order valence-corrected chi connectivity index (χ3v) is 3.43. The highest BCUT2D eigenvalue weighted by Crippen LogP contribution is 2.29. The molecule has 0 bridgehead atoms. The summed E-state index contributed by atoms with van der Waals surface area (Å²) in [6.07, 6.45) is 1.96. The van der Waals surface area contributed by atoms with Crippen LogP contribution in [0.25, 0.3) is 0 Å². The summed E-state index contributed by atoms with van der Waals surface area (Å²) in [6, 6.07) is 0. The first kappa shape index (κ1) is 16.4. The number of likely N-dealkylation sites (tertiary alicyclic amines) is 1. The summed E-state index contributed by atoms with van der Waals surface area (Å²) in [5.74, 6) is 0. The number of amides is 1. The highest BCUT2D eigenvalue weighted by Gasteiger charge is 2.37. The number of aromatic nitrogens is 3. The molecule has 0 aliphatic carbocycles. The third kappa shape index (κ3) is 4.25. The minimum Gasteiger partial charge on any atom is -0.444 e. The SMILES string of the molecule is CC(C)(C)OC(=O)N1CCC(F)(Cn2cc(C=O)nn2)CC1. The Bertz CT molecular complexity index is 545. The molecule has 22 heavy (non-hydrogen) atoms. The number of carbonyl (C=O) groups excluding carboxylic acids is 2. The molecule has 0 radical (unpaired) electrons. The second kappa shape index (κ2) is 6.02. The van der Waals surface area contributed by atoms with Crippen molar-refractivity contribution < 1.29 is 18.7 Å². The number of hydrogen-bond donors (Lipinski definition) is 0. The fourth-order valence-electron chi connectivity index (χ4n) is 2.31. The number of ether oxygens (including phenoxy) is 1. The molecule has 0 saturated carbocycles. The van der Waals surface area contributed by atoms with E-state index in [1.165, 1.54) is 15.8 Å². The number of nitrogens with zero attached hydrogens (tertiary/aromatic N) is 4. The molecule has 1 amide bonds. The summed E-state index contributed by atoms with van der Waals surface area (Å²) < 4.78 is 21.4. The highest BCUT2D eigenvalue weighted by atomic mass is 19.1. The number of halogens is 1. The number of carbonyl (C=O) groups is 2. The Morgan fingerprint density at radius 1 is 1.45 bits per heavy atom. The van der Waals surface area contributed by atoms with Crippen molar-refractivity contribution in [3.8, 4) is 0 Å². The average molecular weight is 312 g/mol. The van der Waals surface area contributed by atoms with Crippen LogP contribution in [0.1, 0.15) is 44.1 Å². The molecule has 1 aliphatic heterocycles. The first-order valence-electron chi connectivity index (χ1n) is 7.23. The van der Waals surface area contributed by atoms with Crippen LogP contribution in [0.15, 0.2) is 6.20 Å². The lowest BCUT2D eigenvalue weighted by molar-refractivity contribution is -0.00148. The Morgan fingerprint density at radius 2 is 2.09 bits per heavy atom. The molecule has 1 saturated heterocycles. The van der Waals surface area contributed by atoms with Crippen LogP contribution in [0.4, 0.5) is 9.18 Å². The van der Waals surface area contributed by atoms with Crippen molar-refractivity contribution in [2.24, 2.45) is 0 Å². The van der Waals surface area contributed by atoms with Crippen molar-refractivity contribution in [2.75, 3.05) is 13.1 Å². The second-order valence-corrected chi connectivity index (χ2v) is 6.58. The van der Waals surface area contributed by atoms with E-state index in [9.17, 15) is 14.0 Å². The van der Waals surface area contributed by atoms with E-state index in [0.29, 0.717) is 19.4 Å². The van der Waals surface area contributed by atoms with Crippen molar-refractivity contribution in [1.82, 2.24) is 19.9 Å². The quantitative estimate of drug-likeness (QED) is 0.796. The smallest absolute Gasteiger partial charge is 0.410 e. The predicted molar refractivity (Wildman–Crippen MR) is 76.3 cm³/mol. The van der Waals surface area contributed by atoms with E-state index in [-0.39, 0.29) is 25.1 Å². The van der Waals surface area contributed by atoms with Gasteiger partial charge in [0.1, 0.15) is 17.0 Å². The lowest BCUT2D eigenvalue weighted by Gasteiger charge is -2.36. The molecule has 8 heteroatoms. The molecule has 1 aromatic heterocycles. The number of aldehydes is 1. The summed E-state index contributed by atoms with van der Waals surface area (Å²) in [4.78, 5) is 24.0. The maximum absolute atomic E-state index is 14.8. The van der Waals surface area contributed by atoms with Gasteiger partial charge in [-0.05, 0) is 20.8 Å². The van der Waals surface area contributed by atoms with Gasteiger partial charge in [-0.25, -0.2) is 13.9 Å². The van der Waals surface area contributed by atoms with Gasteiger partial charge in [0.15, 0.2) is 6.29 Å². The molecule has 1 fully saturated rings. The van der Waals surface area contributed by atoms with E-state index in [1.54, 1.807) is 20.8 Å². The van der Waals surface area contributed by atoms with Crippen LogP contribution >= 0.6 is 0 Å². The molecule has 0 spiro atoms. The Hall–Kier alpha value is -1.99. The van der Waals surface area contributed by atoms with Gasteiger partial charge in [0, 0.05) is 25.9 Å². The molecule has 1 aliphatic rings. The molecule has 7 nitrogen and oxygen atoms in total. The lowest BCUT2D eigenvalue weighted by atomic mass is 9.93. The van der Waals surface area contributed by atoms with Crippen molar-refractivity contribution >= 4 is 12.4 Å². The topological polar surface area (TPSA) is 77.3 Å². The molecular formula is C14H21FN4O3. The van der Waals surface area contributed by atoms with Gasteiger partial charge in [-0.1, -0.05) is 5.21 Å². The molecule has 0 N–H and O–H groups in total. The molecular weight excluding hydrogens is 291 g/mol. The Morgan fingerprint density at radius 3 is 2.59 bits per heavy atom. The van der Waals surface area contributed by atoms with Gasteiger partial charge in [-0.2, -0.15) is 0 Å². The Labute approximate surface area is 128 Å². The van der Waals surface area contributed by atoms with Crippen LogP contribution < -0.4 is 0 Å². The molecule has 0 atom stereocenters. The minimum atomic E-state index is -1.47. The second-order valence-electron chi connectivity index (χ2n) is 6.58. The van der Waals surface area contributed by atoms with Gasteiger partial charge < -0.3 is 9.64 Å². The number of alkyl halides is 1.